The molecule has 2 N–H and O–H groups in total. The molecule has 0 unspecified atom stereocenters. The number of rotatable bonds is 2. The number of carbonyl (C=O) groups excluding carboxylic acids is 1. The van der Waals surface area contributed by atoms with Crippen LogP contribution < -0.4 is 5.73 Å². The fourth-order valence-electron chi connectivity index (χ4n) is 1.38. The van der Waals surface area contributed by atoms with Crippen LogP contribution in [0.1, 0.15) is 28.4 Å². The third kappa shape index (κ3) is 1.47. The third-order valence-corrected chi connectivity index (χ3v) is 1.99. The van der Waals surface area contributed by atoms with Crippen LogP contribution in [0, 0.1) is 6.92 Å². The van der Waals surface area contributed by atoms with Gasteiger partial charge in [-0.15, -0.1) is 0 Å². The lowest BCUT2D eigenvalue weighted by Gasteiger charge is -2.06. The van der Waals surface area contributed by atoms with E-state index in [4.69, 9.17) is 5.73 Å². The quantitative estimate of drug-likeness (QED) is 0.707. The van der Waals surface area contributed by atoms with Crippen molar-refractivity contribution in [3.05, 3.63) is 34.9 Å². The molecule has 1 aromatic carbocycles. The highest BCUT2D eigenvalue weighted by molar-refractivity contribution is 5.95. The summed E-state index contributed by atoms with van der Waals surface area (Å²) < 4.78 is 0. The van der Waals surface area contributed by atoms with Gasteiger partial charge in [-0.2, -0.15) is 0 Å². The van der Waals surface area contributed by atoms with Crippen molar-refractivity contribution in [1.82, 2.24) is 0 Å². The molecule has 1 rings (SSSR count). The Kier molecular flexibility index (Phi) is 2.48. The first-order chi connectivity index (χ1) is 5.66. The number of amides is 1. The smallest absolute Gasteiger partial charge is 0.249 e. The van der Waals surface area contributed by atoms with Crippen molar-refractivity contribution >= 4 is 5.91 Å². The predicted octanol–water partition coefficient (Wildman–Crippen LogP) is 1.66. The number of hydrogen-bond acceptors (Lipinski definition) is 1. The van der Waals surface area contributed by atoms with Crippen molar-refractivity contribution in [3.63, 3.8) is 0 Å². The summed E-state index contributed by atoms with van der Waals surface area (Å²) in [7, 11) is 0. The summed E-state index contributed by atoms with van der Waals surface area (Å²) in [5, 5.41) is 0. The number of primary amides is 1. The van der Waals surface area contributed by atoms with Gasteiger partial charge in [-0.3, -0.25) is 4.79 Å². The monoisotopic (exact) mass is 163 g/mol. The summed E-state index contributed by atoms with van der Waals surface area (Å²) >= 11 is 0. The lowest BCUT2D eigenvalue weighted by atomic mass is 10.00. The Balaban J connectivity index is 3.29. The molecule has 0 aliphatic carbocycles. The second-order valence-corrected chi connectivity index (χ2v) is 2.83. The van der Waals surface area contributed by atoms with Crippen molar-refractivity contribution in [2.24, 2.45) is 5.73 Å². The van der Waals surface area contributed by atoms with Gasteiger partial charge >= 0.3 is 0 Å². The van der Waals surface area contributed by atoms with Crippen molar-refractivity contribution in [1.29, 1.82) is 0 Å². The molecule has 2 heteroatoms. The van der Waals surface area contributed by atoms with Gasteiger partial charge in [-0.05, 0) is 24.5 Å². The van der Waals surface area contributed by atoms with Crippen LogP contribution in [0.4, 0.5) is 0 Å². The van der Waals surface area contributed by atoms with E-state index in [1.165, 1.54) is 0 Å². The topological polar surface area (TPSA) is 43.1 Å². The van der Waals surface area contributed by atoms with Gasteiger partial charge in [0.05, 0.1) is 0 Å². The molecule has 0 aromatic heterocycles. The van der Waals surface area contributed by atoms with Crippen LogP contribution in [0.3, 0.4) is 0 Å². The minimum atomic E-state index is -0.329. The molecule has 0 radical (unpaired) electrons. The zero-order valence-corrected chi connectivity index (χ0v) is 7.42. The molecule has 0 aliphatic rings. The Morgan fingerprint density at radius 3 is 2.58 bits per heavy atom. The molecule has 0 bridgehead atoms. The summed E-state index contributed by atoms with van der Waals surface area (Å²) in [6, 6.07) is 5.78. The summed E-state index contributed by atoms with van der Waals surface area (Å²) in [6.07, 6.45) is 0.847. The van der Waals surface area contributed by atoms with Gasteiger partial charge in [0, 0.05) is 5.56 Å². The second-order valence-electron chi connectivity index (χ2n) is 2.83. The Labute approximate surface area is 72.4 Å². The standard InChI is InChI=1S/C10H13NO/c1-3-8-6-4-5-7(2)9(8)10(11)12/h4-6H,3H2,1-2H3,(H2,11,12). The number of carbonyl (C=O) groups is 1. The maximum absolute atomic E-state index is 11.0. The van der Waals surface area contributed by atoms with Crippen LogP contribution in [0.25, 0.3) is 0 Å². The minimum Gasteiger partial charge on any atom is -0.366 e. The van der Waals surface area contributed by atoms with Crippen LogP contribution in [0.15, 0.2) is 18.2 Å². The first-order valence-electron chi connectivity index (χ1n) is 4.05. The van der Waals surface area contributed by atoms with Crippen LogP contribution in [0.5, 0.6) is 0 Å². The number of nitrogens with two attached hydrogens (primary N) is 1. The molecule has 0 fully saturated rings. The third-order valence-electron chi connectivity index (χ3n) is 1.99. The van der Waals surface area contributed by atoms with E-state index in [2.05, 4.69) is 0 Å². The van der Waals surface area contributed by atoms with Crippen LogP contribution in [0.2, 0.25) is 0 Å². The van der Waals surface area contributed by atoms with Gasteiger partial charge < -0.3 is 5.73 Å². The average molecular weight is 163 g/mol. The molecule has 2 nitrogen and oxygen atoms in total. The highest BCUT2D eigenvalue weighted by atomic mass is 16.1. The van der Waals surface area contributed by atoms with E-state index in [1.807, 2.05) is 32.0 Å². The van der Waals surface area contributed by atoms with Crippen molar-refractivity contribution in [2.45, 2.75) is 20.3 Å². The Morgan fingerprint density at radius 1 is 1.50 bits per heavy atom. The molecule has 0 heterocycles. The first kappa shape index (κ1) is 8.78. The predicted molar refractivity (Wildman–Crippen MR) is 49.1 cm³/mol. The molecule has 0 aliphatic heterocycles. The summed E-state index contributed by atoms with van der Waals surface area (Å²) in [5.74, 6) is -0.329. The normalized spacial score (nSPS) is 9.83. The van der Waals surface area contributed by atoms with E-state index >= 15 is 0 Å². The molecule has 0 saturated carbocycles. The maximum Gasteiger partial charge on any atom is 0.249 e. The van der Waals surface area contributed by atoms with E-state index in [0.29, 0.717) is 5.56 Å². The first-order valence-corrected chi connectivity index (χ1v) is 4.05. The molecule has 0 atom stereocenters. The van der Waals surface area contributed by atoms with Crippen molar-refractivity contribution < 1.29 is 4.79 Å². The van der Waals surface area contributed by atoms with Gasteiger partial charge in [0.1, 0.15) is 0 Å². The fraction of sp³-hybridized carbons (Fsp3) is 0.300. The molecule has 12 heavy (non-hydrogen) atoms. The number of aryl methyl sites for hydroxylation is 2. The molecule has 64 valence electrons. The highest BCUT2D eigenvalue weighted by Gasteiger charge is 2.08. The summed E-state index contributed by atoms with van der Waals surface area (Å²) in [6.45, 7) is 3.92. The summed E-state index contributed by atoms with van der Waals surface area (Å²) in [4.78, 5) is 11.0. The maximum atomic E-state index is 11.0. The van der Waals surface area contributed by atoms with Crippen molar-refractivity contribution in [2.75, 3.05) is 0 Å². The molecule has 1 aromatic rings. The minimum absolute atomic E-state index is 0.329. The van der Waals surface area contributed by atoms with Crippen LogP contribution in [-0.4, -0.2) is 5.91 Å². The second kappa shape index (κ2) is 3.39. The molecular weight excluding hydrogens is 150 g/mol. The fourth-order valence-corrected chi connectivity index (χ4v) is 1.38. The number of benzene rings is 1. The zero-order chi connectivity index (χ0) is 9.14. The molecule has 0 saturated heterocycles. The largest absolute Gasteiger partial charge is 0.366 e. The highest BCUT2D eigenvalue weighted by Crippen LogP contribution is 2.13. The molecular formula is C10H13NO. The van der Waals surface area contributed by atoms with E-state index in [-0.39, 0.29) is 5.91 Å². The van der Waals surface area contributed by atoms with Gasteiger partial charge in [0.25, 0.3) is 0 Å². The molecule has 0 spiro atoms. The van der Waals surface area contributed by atoms with Gasteiger partial charge in [-0.25, -0.2) is 0 Å². The SMILES string of the molecule is CCc1cccc(C)c1C(N)=O. The van der Waals surface area contributed by atoms with E-state index in [9.17, 15) is 4.79 Å². The van der Waals surface area contributed by atoms with E-state index in [0.717, 1.165) is 17.5 Å². The van der Waals surface area contributed by atoms with Gasteiger partial charge in [0.2, 0.25) is 5.91 Å². The Morgan fingerprint density at radius 2 is 2.17 bits per heavy atom. The Bertz CT molecular complexity index is 305. The lowest BCUT2D eigenvalue weighted by molar-refractivity contribution is 0.0999. The zero-order valence-electron chi connectivity index (χ0n) is 7.42. The van der Waals surface area contributed by atoms with Crippen LogP contribution in [-0.2, 0) is 6.42 Å². The van der Waals surface area contributed by atoms with Crippen molar-refractivity contribution in [3.8, 4) is 0 Å². The Hall–Kier alpha value is -1.31. The average Bonchev–Trinajstić information content (AvgIpc) is 2.03. The van der Waals surface area contributed by atoms with Gasteiger partial charge in [-0.1, -0.05) is 25.1 Å². The number of hydrogen-bond donors (Lipinski definition) is 1. The van der Waals surface area contributed by atoms with E-state index < -0.39 is 0 Å². The van der Waals surface area contributed by atoms with Crippen LogP contribution >= 0.6 is 0 Å². The lowest BCUT2D eigenvalue weighted by Crippen LogP contribution is -2.15. The molecule has 1 amide bonds. The van der Waals surface area contributed by atoms with Gasteiger partial charge in [0.15, 0.2) is 0 Å². The summed E-state index contributed by atoms with van der Waals surface area (Å²) in [5.41, 5.74) is 7.92. The van der Waals surface area contributed by atoms with E-state index in [1.54, 1.807) is 0 Å².